The van der Waals surface area contributed by atoms with E-state index in [1.807, 2.05) is 0 Å². The van der Waals surface area contributed by atoms with Gasteiger partial charge in [-0.1, -0.05) is 0 Å². The summed E-state index contributed by atoms with van der Waals surface area (Å²) in [6, 6.07) is -0.332. The fourth-order valence-electron chi connectivity index (χ4n) is 2.18. The third-order valence-corrected chi connectivity index (χ3v) is 3.21. The number of nitrogens with one attached hydrogen (secondary N) is 2. The van der Waals surface area contributed by atoms with Crippen LogP contribution >= 0.6 is 0 Å². The molecule has 1 rings (SSSR count). The van der Waals surface area contributed by atoms with Gasteiger partial charge in [-0.2, -0.15) is 0 Å². The fourth-order valence-corrected chi connectivity index (χ4v) is 2.18. The van der Waals surface area contributed by atoms with Crippen LogP contribution in [0.15, 0.2) is 0 Å². The molecular formula is C12H22N2O5. The van der Waals surface area contributed by atoms with Gasteiger partial charge in [-0.3, -0.25) is 4.79 Å². The number of amides is 2. The van der Waals surface area contributed by atoms with Crippen LogP contribution in [0.3, 0.4) is 0 Å². The lowest BCUT2D eigenvalue weighted by atomic mass is 10.0. The summed E-state index contributed by atoms with van der Waals surface area (Å²) >= 11 is 0. The molecule has 1 fully saturated rings. The molecule has 0 radical (unpaired) electrons. The van der Waals surface area contributed by atoms with E-state index in [1.165, 1.54) is 6.92 Å². The normalized spacial score (nSPS) is 25.6. The molecule has 3 atom stereocenters. The van der Waals surface area contributed by atoms with Gasteiger partial charge in [0.25, 0.3) is 0 Å². The second-order valence-electron chi connectivity index (χ2n) is 5.26. The van der Waals surface area contributed by atoms with Gasteiger partial charge < -0.3 is 25.6 Å². The van der Waals surface area contributed by atoms with Gasteiger partial charge in [0.05, 0.1) is 18.1 Å². The van der Waals surface area contributed by atoms with Gasteiger partial charge in [-0.15, -0.1) is 0 Å². The first-order valence-electron chi connectivity index (χ1n) is 6.34. The van der Waals surface area contributed by atoms with Crippen molar-refractivity contribution in [3.8, 4) is 0 Å². The van der Waals surface area contributed by atoms with Gasteiger partial charge in [0.1, 0.15) is 0 Å². The van der Waals surface area contributed by atoms with Crippen LogP contribution in [0.25, 0.3) is 0 Å². The molecule has 0 bridgehead atoms. The number of rotatable bonds is 6. The highest BCUT2D eigenvalue weighted by atomic mass is 16.5. The average molecular weight is 274 g/mol. The Morgan fingerprint density at radius 3 is 2.63 bits per heavy atom. The van der Waals surface area contributed by atoms with Gasteiger partial charge in [0.2, 0.25) is 0 Å². The molecular weight excluding hydrogens is 252 g/mol. The zero-order valence-corrected chi connectivity index (χ0v) is 11.3. The Morgan fingerprint density at radius 2 is 2.11 bits per heavy atom. The molecule has 0 spiro atoms. The molecule has 2 amide bonds. The van der Waals surface area contributed by atoms with Crippen LogP contribution in [0.4, 0.5) is 4.79 Å². The molecule has 7 heteroatoms. The molecule has 110 valence electrons. The molecule has 4 N–H and O–H groups in total. The van der Waals surface area contributed by atoms with Gasteiger partial charge in [0.15, 0.2) is 0 Å². The van der Waals surface area contributed by atoms with Crippen LogP contribution in [0.2, 0.25) is 0 Å². The van der Waals surface area contributed by atoms with E-state index in [2.05, 4.69) is 10.6 Å². The monoisotopic (exact) mass is 274 g/mol. The number of aliphatic hydroxyl groups is 1. The van der Waals surface area contributed by atoms with Crippen molar-refractivity contribution in [3.63, 3.8) is 0 Å². The minimum atomic E-state index is -1.45. The highest BCUT2D eigenvalue weighted by Crippen LogP contribution is 2.21. The number of carboxylic acids is 1. The van der Waals surface area contributed by atoms with E-state index in [0.29, 0.717) is 0 Å². The molecule has 0 aliphatic heterocycles. The standard InChI is InChI=1S/C12H22N2O5/c1-12(18,6-10(15)16)7-13-11(17)14-8-3-4-9(5-8)19-2/h8-9,18H,3-7H2,1-2H3,(H,15,16)(H2,13,14,17). The molecule has 0 heterocycles. The molecule has 1 saturated carbocycles. The Hall–Kier alpha value is -1.34. The number of carbonyl (C=O) groups is 2. The Morgan fingerprint density at radius 1 is 1.42 bits per heavy atom. The van der Waals surface area contributed by atoms with E-state index in [4.69, 9.17) is 9.84 Å². The predicted octanol–water partition coefficient (Wildman–Crippen LogP) is 0.0788. The highest BCUT2D eigenvalue weighted by molar-refractivity contribution is 5.74. The summed E-state index contributed by atoms with van der Waals surface area (Å²) in [4.78, 5) is 22.1. The predicted molar refractivity (Wildman–Crippen MR) is 67.8 cm³/mol. The van der Waals surface area contributed by atoms with Crippen molar-refractivity contribution in [1.82, 2.24) is 10.6 Å². The third kappa shape index (κ3) is 5.89. The maximum Gasteiger partial charge on any atom is 0.315 e. The number of hydrogen-bond acceptors (Lipinski definition) is 4. The first-order valence-corrected chi connectivity index (χ1v) is 6.34. The van der Waals surface area contributed by atoms with Crippen molar-refractivity contribution >= 4 is 12.0 Å². The molecule has 0 aromatic carbocycles. The second kappa shape index (κ2) is 6.72. The van der Waals surface area contributed by atoms with Crippen molar-refractivity contribution < 1.29 is 24.5 Å². The van der Waals surface area contributed by atoms with Gasteiger partial charge >= 0.3 is 12.0 Å². The quantitative estimate of drug-likeness (QED) is 0.548. The Bertz CT molecular complexity index is 332. The van der Waals surface area contributed by atoms with Crippen molar-refractivity contribution in [2.24, 2.45) is 0 Å². The van der Waals surface area contributed by atoms with E-state index in [0.717, 1.165) is 19.3 Å². The number of ether oxygens (including phenoxy) is 1. The first kappa shape index (κ1) is 15.7. The van der Waals surface area contributed by atoms with Crippen LogP contribution in [-0.2, 0) is 9.53 Å². The number of hydrogen-bond donors (Lipinski definition) is 4. The van der Waals surface area contributed by atoms with Crippen molar-refractivity contribution in [2.75, 3.05) is 13.7 Å². The summed E-state index contributed by atoms with van der Waals surface area (Å²) in [5.74, 6) is -1.11. The lowest BCUT2D eigenvalue weighted by Crippen LogP contribution is -2.48. The van der Waals surface area contributed by atoms with Crippen LogP contribution in [0.1, 0.15) is 32.6 Å². The number of urea groups is 1. The summed E-state index contributed by atoms with van der Waals surface area (Å²) in [6.07, 6.45) is 2.31. The molecule has 7 nitrogen and oxygen atoms in total. The van der Waals surface area contributed by atoms with Crippen LogP contribution in [-0.4, -0.2) is 53.6 Å². The largest absolute Gasteiger partial charge is 0.481 e. The smallest absolute Gasteiger partial charge is 0.315 e. The van der Waals surface area contributed by atoms with Crippen LogP contribution < -0.4 is 10.6 Å². The molecule has 19 heavy (non-hydrogen) atoms. The number of aliphatic carboxylic acids is 1. The van der Waals surface area contributed by atoms with Crippen molar-refractivity contribution in [1.29, 1.82) is 0 Å². The maximum atomic E-state index is 11.6. The fraction of sp³-hybridized carbons (Fsp3) is 0.833. The van der Waals surface area contributed by atoms with E-state index < -0.39 is 24.0 Å². The van der Waals surface area contributed by atoms with Gasteiger partial charge in [-0.05, 0) is 26.2 Å². The van der Waals surface area contributed by atoms with Gasteiger partial charge in [0, 0.05) is 19.7 Å². The van der Waals surface area contributed by atoms with Gasteiger partial charge in [-0.25, -0.2) is 4.79 Å². The summed E-state index contributed by atoms with van der Waals surface area (Å²) in [6.45, 7) is 1.27. The minimum absolute atomic E-state index is 0.0642. The van der Waals surface area contributed by atoms with E-state index in [1.54, 1.807) is 7.11 Å². The molecule has 1 aliphatic carbocycles. The van der Waals surface area contributed by atoms with Crippen molar-refractivity contribution in [2.45, 2.75) is 50.4 Å². The lowest BCUT2D eigenvalue weighted by molar-refractivity contribution is -0.141. The Balaban J connectivity index is 2.26. The molecule has 3 unspecified atom stereocenters. The lowest BCUT2D eigenvalue weighted by Gasteiger charge is -2.22. The third-order valence-electron chi connectivity index (χ3n) is 3.21. The Labute approximate surface area is 112 Å². The molecule has 0 aromatic rings. The van der Waals surface area contributed by atoms with Crippen LogP contribution in [0.5, 0.6) is 0 Å². The Kier molecular flexibility index (Phi) is 5.56. The van der Waals surface area contributed by atoms with E-state index >= 15 is 0 Å². The topological polar surface area (TPSA) is 108 Å². The zero-order valence-electron chi connectivity index (χ0n) is 11.3. The van der Waals surface area contributed by atoms with Crippen molar-refractivity contribution in [3.05, 3.63) is 0 Å². The summed E-state index contributed by atoms with van der Waals surface area (Å²) < 4.78 is 5.20. The summed E-state index contributed by atoms with van der Waals surface area (Å²) in [7, 11) is 1.65. The molecule has 1 aliphatic rings. The van der Waals surface area contributed by atoms with E-state index in [-0.39, 0.29) is 18.7 Å². The number of carbonyl (C=O) groups excluding carboxylic acids is 1. The second-order valence-corrected chi connectivity index (χ2v) is 5.26. The maximum absolute atomic E-state index is 11.6. The summed E-state index contributed by atoms with van der Waals surface area (Å²) in [5, 5.41) is 23.6. The number of methoxy groups -OCH3 is 1. The first-order chi connectivity index (χ1) is 8.82. The highest BCUT2D eigenvalue weighted by Gasteiger charge is 2.27. The number of carboxylic acid groups (broad SMARTS) is 1. The zero-order chi connectivity index (χ0) is 14.5. The minimum Gasteiger partial charge on any atom is -0.481 e. The SMILES string of the molecule is COC1CCC(NC(=O)NCC(C)(O)CC(=O)O)C1. The summed E-state index contributed by atoms with van der Waals surface area (Å²) in [5.41, 5.74) is -1.45. The molecule has 0 aromatic heterocycles. The van der Waals surface area contributed by atoms with E-state index in [9.17, 15) is 14.7 Å². The molecule has 0 saturated heterocycles. The average Bonchev–Trinajstić information content (AvgIpc) is 2.72. The van der Waals surface area contributed by atoms with Crippen LogP contribution in [0, 0.1) is 0 Å².